The number of hydrogen-bond donors (Lipinski definition) is 2. The Balaban J connectivity index is 0.000000472. The molecule has 0 radical (unpaired) electrons. The van der Waals surface area contributed by atoms with Crippen molar-refractivity contribution < 1.29 is 42.3 Å². The van der Waals surface area contributed by atoms with Crippen molar-refractivity contribution in [1.82, 2.24) is 35.0 Å². The average Bonchev–Trinajstić information content (AvgIpc) is 3.50. The van der Waals surface area contributed by atoms with Crippen molar-refractivity contribution in [2.75, 3.05) is 26.2 Å². The van der Waals surface area contributed by atoms with Crippen LogP contribution in [0.5, 0.6) is 0 Å². The predicted octanol–water partition coefficient (Wildman–Crippen LogP) is 1.22. The van der Waals surface area contributed by atoms with Crippen molar-refractivity contribution in [3.8, 4) is 5.69 Å². The Hall–Kier alpha value is -4.34. The summed E-state index contributed by atoms with van der Waals surface area (Å²) >= 11 is 0. The smallest absolute Gasteiger partial charge is 0.475 e. The Kier molecular flexibility index (Phi) is 8.23. The number of benzene rings is 1. The third-order valence-electron chi connectivity index (χ3n) is 7.91. The topological polar surface area (TPSA) is 158 Å². The van der Waals surface area contributed by atoms with Crippen LogP contribution in [0, 0.1) is 5.92 Å². The Bertz CT molecular complexity index is 1460. The molecular formula is C27H30F3N7O6. The van der Waals surface area contributed by atoms with Crippen molar-refractivity contribution in [2.45, 2.75) is 57.4 Å². The number of halogens is 3. The Labute approximate surface area is 243 Å². The number of aromatic nitrogens is 3. The highest BCUT2D eigenvalue weighted by molar-refractivity contribution is 6.05. The van der Waals surface area contributed by atoms with Gasteiger partial charge in [-0.1, -0.05) is 5.21 Å². The number of fused-ring (bicyclic) bond motifs is 1. The van der Waals surface area contributed by atoms with E-state index in [-0.39, 0.29) is 36.7 Å². The van der Waals surface area contributed by atoms with Gasteiger partial charge in [0.15, 0.2) is 5.69 Å². The maximum atomic E-state index is 13.2. The fourth-order valence-corrected chi connectivity index (χ4v) is 5.50. The van der Waals surface area contributed by atoms with E-state index >= 15 is 0 Å². The van der Waals surface area contributed by atoms with Crippen LogP contribution in [0.2, 0.25) is 0 Å². The number of piperazine rings is 1. The third kappa shape index (κ3) is 6.68. The van der Waals surface area contributed by atoms with Crippen molar-refractivity contribution in [1.29, 1.82) is 0 Å². The lowest BCUT2D eigenvalue weighted by atomic mass is 10.0. The molecule has 4 amide bonds. The van der Waals surface area contributed by atoms with E-state index in [9.17, 15) is 32.3 Å². The molecule has 3 fully saturated rings. The molecule has 1 aliphatic carbocycles. The van der Waals surface area contributed by atoms with Crippen LogP contribution in [0.4, 0.5) is 13.2 Å². The van der Waals surface area contributed by atoms with Gasteiger partial charge in [0.05, 0.1) is 11.9 Å². The normalized spacial score (nSPS) is 22.6. The van der Waals surface area contributed by atoms with Gasteiger partial charge in [0, 0.05) is 50.7 Å². The van der Waals surface area contributed by atoms with Gasteiger partial charge in [0.1, 0.15) is 6.04 Å². The molecule has 4 aliphatic rings. The molecule has 2 saturated heterocycles. The summed E-state index contributed by atoms with van der Waals surface area (Å²) in [5.74, 6) is -3.02. The molecule has 16 heteroatoms. The van der Waals surface area contributed by atoms with E-state index in [1.807, 2.05) is 11.0 Å². The minimum Gasteiger partial charge on any atom is -0.475 e. The molecule has 1 aromatic heterocycles. The molecule has 0 bridgehead atoms. The number of nitrogens with one attached hydrogen (secondary N) is 1. The molecule has 2 unspecified atom stereocenters. The van der Waals surface area contributed by atoms with Crippen molar-refractivity contribution >= 4 is 29.6 Å². The number of hydrogen-bond acceptors (Lipinski definition) is 8. The standard InChI is InChI=1S/C25H29N7O4.C2HF3O2/c1-15-11-29(12-16-2-3-16)8-9-30(15)25(36)20-14-32(28-27-20)18-4-5-19-17(10-18)13-31(24(19)35)21-6-7-22(33)26-23(21)34;3-2(4,5)1(6)7/h4-5,10,14-16,21H,2-3,6-9,11-13H2,1H3,(H,26,33,34);(H,6,7). The fourth-order valence-electron chi connectivity index (χ4n) is 5.50. The Morgan fingerprint density at radius 2 is 1.84 bits per heavy atom. The number of nitrogens with zero attached hydrogens (tertiary/aromatic N) is 6. The van der Waals surface area contributed by atoms with Crippen LogP contribution >= 0.6 is 0 Å². The summed E-state index contributed by atoms with van der Waals surface area (Å²) in [4.78, 5) is 64.6. The number of carboxylic acid groups (broad SMARTS) is 1. The fraction of sp³-hybridized carbons (Fsp3) is 0.519. The quantitative estimate of drug-likeness (QED) is 0.478. The molecule has 1 saturated carbocycles. The van der Waals surface area contributed by atoms with Gasteiger partial charge >= 0.3 is 12.1 Å². The molecule has 3 aliphatic heterocycles. The predicted molar refractivity (Wildman–Crippen MR) is 141 cm³/mol. The van der Waals surface area contributed by atoms with Gasteiger partial charge in [-0.05, 0) is 55.9 Å². The number of imide groups is 1. The first kappa shape index (κ1) is 30.1. The molecule has 1 aromatic carbocycles. The molecule has 230 valence electrons. The second-order valence-corrected chi connectivity index (χ2v) is 11.1. The minimum atomic E-state index is -5.08. The van der Waals surface area contributed by atoms with Gasteiger partial charge in [-0.3, -0.25) is 29.4 Å². The summed E-state index contributed by atoms with van der Waals surface area (Å²) in [6.45, 7) is 5.91. The highest BCUT2D eigenvalue weighted by atomic mass is 19.4. The SMILES string of the molecule is CC1CN(CC2CC2)CCN1C(=O)c1cn(-c2ccc3c(c2)CN(C2CCC(=O)NC2=O)C3=O)nn1.O=C(O)C(F)(F)F. The summed E-state index contributed by atoms with van der Waals surface area (Å²) in [5.41, 5.74) is 2.27. The number of rotatable bonds is 5. The van der Waals surface area contributed by atoms with Crippen molar-refractivity contribution in [3.05, 3.63) is 41.2 Å². The highest BCUT2D eigenvalue weighted by Gasteiger charge is 2.40. The van der Waals surface area contributed by atoms with E-state index in [4.69, 9.17) is 9.90 Å². The summed E-state index contributed by atoms with van der Waals surface area (Å²) in [7, 11) is 0. The highest BCUT2D eigenvalue weighted by Crippen LogP contribution is 2.31. The van der Waals surface area contributed by atoms with Crippen LogP contribution in [0.25, 0.3) is 5.69 Å². The van der Waals surface area contributed by atoms with E-state index in [0.717, 1.165) is 31.1 Å². The van der Waals surface area contributed by atoms with Gasteiger partial charge in [0.2, 0.25) is 11.8 Å². The third-order valence-corrected chi connectivity index (χ3v) is 7.91. The van der Waals surface area contributed by atoms with Crippen LogP contribution in [-0.4, -0.2) is 109 Å². The van der Waals surface area contributed by atoms with Crippen LogP contribution in [0.15, 0.2) is 24.4 Å². The minimum absolute atomic E-state index is 0.111. The van der Waals surface area contributed by atoms with E-state index in [0.29, 0.717) is 29.9 Å². The molecule has 13 nitrogen and oxygen atoms in total. The average molecular weight is 606 g/mol. The first-order chi connectivity index (χ1) is 20.3. The first-order valence-electron chi connectivity index (χ1n) is 13.9. The zero-order valence-corrected chi connectivity index (χ0v) is 23.2. The lowest BCUT2D eigenvalue weighted by Gasteiger charge is -2.39. The number of carbonyl (C=O) groups is 5. The summed E-state index contributed by atoms with van der Waals surface area (Å²) < 4.78 is 33.3. The number of alkyl halides is 3. The maximum absolute atomic E-state index is 13.2. The van der Waals surface area contributed by atoms with Gasteiger partial charge < -0.3 is 14.9 Å². The van der Waals surface area contributed by atoms with Crippen LogP contribution in [0.3, 0.4) is 0 Å². The number of amides is 4. The monoisotopic (exact) mass is 605 g/mol. The molecule has 2 N–H and O–H groups in total. The molecule has 6 rings (SSSR count). The van der Waals surface area contributed by atoms with Crippen LogP contribution < -0.4 is 5.32 Å². The maximum Gasteiger partial charge on any atom is 0.490 e. The number of piperidine rings is 1. The zero-order chi connectivity index (χ0) is 31.1. The van der Waals surface area contributed by atoms with Crippen molar-refractivity contribution in [3.63, 3.8) is 0 Å². The number of carbonyl (C=O) groups excluding carboxylic acids is 4. The lowest BCUT2D eigenvalue weighted by molar-refractivity contribution is -0.192. The van der Waals surface area contributed by atoms with Gasteiger partial charge in [-0.2, -0.15) is 13.2 Å². The summed E-state index contributed by atoms with van der Waals surface area (Å²) in [5, 5.41) is 17.8. The number of carboxylic acids is 1. The summed E-state index contributed by atoms with van der Waals surface area (Å²) in [6.07, 6.45) is -0.280. The molecule has 2 aromatic rings. The molecule has 0 spiro atoms. The lowest BCUT2D eigenvalue weighted by Crippen LogP contribution is -2.54. The molecule has 4 heterocycles. The van der Waals surface area contributed by atoms with Gasteiger partial charge in [-0.25, -0.2) is 9.48 Å². The largest absolute Gasteiger partial charge is 0.490 e. The summed E-state index contributed by atoms with van der Waals surface area (Å²) in [6, 6.07) is 4.75. The molecule has 43 heavy (non-hydrogen) atoms. The van der Waals surface area contributed by atoms with Crippen LogP contribution in [-0.2, 0) is 20.9 Å². The zero-order valence-electron chi connectivity index (χ0n) is 23.2. The Morgan fingerprint density at radius 3 is 2.47 bits per heavy atom. The van der Waals surface area contributed by atoms with E-state index in [1.165, 1.54) is 17.7 Å². The van der Waals surface area contributed by atoms with E-state index in [2.05, 4.69) is 27.5 Å². The first-order valence-corrected chi connectivity index (χ1v) is 13.9. The Morgan fingerprint density at radius 1 is 1.12 bits per heavy atom. The number of aliphatic carboxylic acids is 1. The van der Waals surface area contributed by atoms with E-state index in [1.54, 1.807) is 23.0 Å². The molecular weight excluding hydrogens is 575 g/mol. The molecule has 2 atom stereocenters. The van der Waals surface area contributed by atoms with Gasteiger partial charge in [0.25, 0.3) is 11.8 Å². The van der Waals surface area contributed by atoms with Crippen molar-refractivity contribution in [2.24, 2.45) is 5.92 Å². The van der Waals surface area contributed by atoms with Crippen LogP contribution in [0.1, 0.15) is 59.0 Å². The second-order valence-electron chi connectivity index (χ2n) is 11.1. The second kappa shape index (κ2) is 11.7. The van der Waals surface area contributed by atoms with E-state index < -0.39 is 24.1 Å². The van der Waals surface area contributed by atoms with Gasteiger partial charge in [-0.15, -0.1) is 5.10 Å².